The van der Waals surface area contributed by atoms with E-state index in [1.165, 1.54) is 6.20 Å². The Bertz CT molecular complexity index is 548. The van der Waals surface area contributed by atoms with E-state index in [9.17, 15) is 9.90 Å². The van der Waals surface area contributed by atoms with Gasteiger partial charge in [-0.2, -0.15) is 0 Å². The topological polar surface area (TPSA) is 71.9 Å². The Balaban J connectivity index is 1.69. The fourth-order valence-corrected chi connectivity index (χ4v) is 2.93. The summed E-state index contributed by atoms with van der Waals surface area (Å²) < 4.78 is 10.9. The van der Waals surface area contributed by atoms with Gasteiger partial charge in [-0.15, -0.1) is 0 Å². The molecule has 2 unspecified atom stereocenters. The van der Waals surface area contributed by atoms with Gasteiger partial charge in [-0.25, -0.2) is 4.98 Å². The molecule has 2 aliphatic rings. The molecule has 120 valence electrons. The van der Waals surface area contributed by atoms with Crippen LogP contribution in [-0.4, -0.2) is 59.4 Å². The number of halogens is 1. The Morgan fingerprint density at radius 3 is 3.05 bits per heavy atom. The molecule has 1 amide bonds. The maximum absolute atomic E-state index is 12.4. The van der Waals surface area contributed by atoms with Crippen molar-refractivity contribution in [2.45, 2.75) is 31.5 Å². The van der Waals surface area contributed by atoms with E-state index in [1.54, 1.807) is 11.0 Å². The number of β-amino-alcohol motifs (C(OH)–C–C–N with tert-alkyl or cyclic N) is 1. The second kappa shape index (κ2) is 6.81. The van der Waals surface area contributed by atoms with Crippen LogP contribution >= 0.6 is 11.6 Å². The molecule has 7 heteroatoms. The fourth-order valence-electron chi connectivity index (χ4n) is 2.71. The lowest BCUT2D eigenvalue weighted by Gasteiger charge is -2.30. The molecule has 1 aromatic heterocycles. The van der Waals surface area contributed by atoms with Crippen molar-refractivity contribution in [1.82, 2.24) is 9.88 Å². The molecule has 0 bridgehead atoms. The molecule has 6 nitrogen and oxygen atoms in total. The van der Waals surface area contributed by atoms with Crippen LogP contribution in [0.5, 0.6) is 5.88 Å². The number of hydrogen-bond donors (Lipinski definition) is 1. The van der Waals surface area contributed by atoms with Crippen LogP contribution < -0.4 is 4.74 Å². The summed E-state index contributed by atoms with van der Waals surface area (Å²) in [5.74, 6) is 0.163. The van der Waals surface area contributed by atoms with E-state index in [1.807, 2.05) is 0 Å². The van der Waals surface area contributed by atoms with E-state index in [0.717, 1.165) is 19.3 Å². The molecule has 1 N–H and O–H groups in total. The molecule has 2 fully saturated rings. The largest absolute Gasteiger partial charge is 0.471 e. The summed E-state index contributed by atoms with van der Waals surface area (Å²) >= 11 is 6.17. The number of pyridine rings is 1. The summed E-state index contributed by atoms with van der Waals surface area (Å²) in [6.07, 6.45) is 3.33. The van der Waals surface area contributed by atoms with Crippen molar-refractivity contribution in [3.05, 3.63) is 22.8 Å². The van der Waals surface area contributed by atoms with E-state index >= 15 is 0 Å². The molecule has 3 heterocycles. The van der Waals surface area contributed by atoms with E-state index < -0.39 is 6.10 Å². The standard InChI is InChI=1S/C15H19ClN2O4/c16-13-6-10(15(20)18-4-1-2-11(19)8-18)7-17-14(13)22-12-3-5-21-9-12/h6-7,11-12,19H,1-5,8-9H2. The third-order valence-corrected chi connectivity index (χ3v) is 4.18. The number of ether oxygens (including phenoxy) is 2. The van der Waals surface area contributed by atoms with Crippen molar-refractivity contribution >= 4 is 17.5 Å². The highest BCUT2D eigenvalue weighted by atomic mass is 35.5. The van der Waals surface area contributed by atoms with E-state index in [2.05, 4.69) is 4.98 Å². The molecule has 22 heavy (non-hydrogen) atoms. The first-order valence-electron chi connectivity index (χ1n) is 7.51. The summed E-state index contributed by atoms with van der Waals surface area (Å²) in [6, 6.07) is 1.57. The lowest BCUT2D eigenvalue weighted by molar-refractivity contribution is 0.0473. The van der Waals surface area contributed by atoms with E-state index in [4.69, 9.17) is 21.1 Å². The number of hydrogen-bond acceptors (Lipinski definition) is 5. The van der Waals surface area contributed by atoms with Crippen LogP contribution in [-0.2, 0) is 4.74 Å². The van der Waals surface area contributed by atoms with Gasteiger partial charge in [-0.1, -0.05) is 11.6 Å². The predicted molar refractivity (Wildman–Crippen MR) is 80.2 cm³/mol. The van der Waals surface area contributed by atoms with Gasteiger partial charge in [0.2, 0.25) is 5.88 Å². The number of rotatable bonds is 3. The molecule has 2 aliphatic heterocycles. The monoisotopic (exact) mass is 326 g/mol. The Labute approximate surface area is 134 Å². The molecule has 0 spiro atoms. The summed E-state index contributed by atoms with van der Waals surface area (Å²) in [4.78, 5) is 18.2. The summed E-state index contributed by atoms with van der Waals surface area (Å²) in [6.45, 7) is 2.21. The van der Waals surface area contributed by atoms with Crippen molar-refractivity contribution in [2.24, 2.45) is 0 Å². The van der Waals surface area contributed by atoms with Gasteiger partial charge in [-0.3, -0.25) is 4.79 Å². The highest BCUT2D eigenvalue weighted by Crippen LogP contribution is 2.26. The third-order valence-electron chi connectivity index (χ3n) is 3.90. The maximum Gasteiger partial charge on any atom is 0.255 e. The molecule has 0 radical (unpaired) electrons. The Morgan fingerprint density at radius 1 is 1.50 bits per heavy atom. The number of piperidine rings is 1. The van der Waals surface area contributed by atoms with Gasteiger partial charge in [0.15, 0.2) is 0 Å². The van der Waals surface area contributed by atoms with Gasteiger partial charge in [0.05, 0.1) is 24.9 Å². The number of aromatic nitrogens is 1. The first kappa shape index (κ1) is 15.5. The van der Waals surface area contributed by atoms with Gasteiger partial charge < -0.3 is 19.5 Å². The Hall–Kier alpha value is -1.37. The van der Waals surface area contributed by atoms with Crippen molar-refractivity contribution in [2.75, 3.05) is 26.3 Å². The number of nitrogens with zero attached hydrogens (tertiary/aromatic N) is 2. The number of carbonyl (C=O) groups excluding carboxylic acids is 1. The van der Waals surface area contributed by atoms with Crippen LogP contribution in [0, 0.1) is 0 Å². The zero-order valence-electron chi connectivity index (χ0n) is 12.2. The minimum Gasteiger partial charge on any atom is -0.471 e. The average Bonchev–Trinajstić information content (AvgIpc) is 3.01. The normalized spacial score (nSPS) is 25.3. The smallest absolute Gasteiger partial charge is 0.255 e. The lowest BCUT2D eigenvalue weighted by atomic mass is 10.1. The van der Waals surface area contributed by atoms with Crippen molar-refractivity contribution < 1.29 is 19.4 Å². The highest BCUT2D eigenvalue weighted by Gasteiger charge is 2.25. The average molecular weight is 327 g/mol. The lowest BCUT2D eigenvalue weighted by Crippen LogP contribution is -2.42. The number of aliphatic hydroxyl groups excluding tert-OH is 1. The quantitative estimate of drug-likeness (QED) is 0.911. The summed E-state index contributed by atoms with van der Waals surface area (Å²) in [7, 11) is 0. The highest BCUT2D eigenvalue weighted by molar-refractivity contribution is 6.32. The molecule has 2 atom stereocenters. The predicted octanol–water partition coefficient (Wildman–Crippen LogP) is 1.50. The van der Waals surface area contributed by atoms with Gasteiger partial charge in [-0.05, 0) is 18.9 Å². The van der Waals surface area contributed by atoms with Gasteiger partial charge >= 0.3 is 0 Å². The fraction of sp³-hybridized carbons (Fsp3) is 0.600. The van der Waals surface area contributed by atoms with Gasteiger partial charge in [0.25, 0.3) is 5.91 Å². The molecule has 0 saturated carbocycles. The minimum atomic E-state index is -0.453. The zero-order valence-corrected chi connectivity index (χ0v) is 13.0. The van der Waals surface area contributed by atoms with Crippen LogP contribution in [0.25, 0.3) is 0 Å². The van der Waals surface area contributed by atoms with E-state index in [-0.39, 0.29) is 12.0 Å². The number of amides is 1. The summed E-state index contributed by atoms with van der Waals surface area (Å²) in [5, 5.41) is 9.98. The molecule has 0 aliphatic carbocycles. The number of aliphatic hydroxyl groups is 1. The second-order valence-electron chi connectivity index (χ2n) is 5.66. The van der Waals surface area contributed by atoms with Crippen LogP contribution in [0.4, 0.5) is 0 Å². The third kappa shape index (κ3) is 3.51. The zero-order chi connectivity index (χ0) is 15.5. The first-order valence-corrected chi connectivity index (χ1v) is 7.88. The molecule has 3 rings (SSSR count). The Kier molecular flexibility index (Phi) is 4.81. The molecule has 0 aromatic carbocycles. The van der Waals surface area contributed by atoms with Crippen LogP contribution in [0.1, 0.15) is 29.6 Å². The molecular formula is C15H19ClN2O4. The molecule has 2 saturated heterocycles. The number of carbonyl (C=O) groups is 1. The van der Waals surface area contributed by atoms with Crippen molar-refractivity contribution in [1.29, 1.82) is 0 Å². The first-order chi connectivity index (χ1) is 10.6. The number of likely N-dealkylation sites (tertiary alicyclic amines) is 1. The SMILES string of the molecule is O=C(c1cnc(OC2CCOC2)c(Cl)c1)N1CCCC(O)C1. The maximum atomic E-state index is 12.4. The van der Waals surface area contributed by atoms with Gasteiger partial charge in [0, 0.05) is 25.7 Å². The molecule has 1 aromatic rings. The molecular weight excluding hydrogens is 308 g/mol. The minimum absolute atomic E-state index is 0.0382. The van der Waals surface area contributed by atoms with Gasteiger partial charge in [0.1, 0.15) is 11.1 Å². The van der Waals surface area contributed by atoms with E-state index in [0.29, 0.717) is 42.8 Å². The van der Waals surface area contributed by atoms with Crippen LogP contribution in [0.15, 0.2) is 12.3 Å². The van der Waals surface area contributed by atoms with Crippen molar-refractivity contribution in [3.8, 4) is 5.88 Å². The van der Waals surface area contributed by atoms with Crippen LogP contribution in [0.2, 0.25) is 5.02 Å². The summed E-state index contributed by atoms with van der Waals surface area (Å²) in [5.41, 5.74) is 0.411. The van der Waals surface area contributed by atoms with Crippen molar-refractivity contribution in [3.63, 3.8) is 0 Å². The second-order valence-corrected chi connectivity index (χ2v) is 6.07. The Morgan fingerprint density at radius 2 is 2.36 bits per heavy atom. The van der Waals surface area contributed by atoms with Crippen LogP contribution in [0.3, 0.4) is 0 Å².